The molecular weight excluding hydrogens is 256 g/mol. The van der Waals surface area contributed by atoms with Crippen molar-refractivity contribution in [1.29, 1.82) is 0 Å². The molecule has 1 aliphatic rings. The van der Waals surface area contributed by atoms with Gasteiger partial charge < -0.3 is 10.6 Å². The predicted octanol–water partition coefficient (Wildman–Crippen LogP) is 0.733. The summed E-state index contributed by atoms with van der Waals surface area (Å²) < 4.78 is 1.89. The third kappa shape index (κ3) is 2.47. The lowest BCUT2D eigenvalue weighted by Crippen LogP contribution is -2.39. The minimum absolute atomic E-state index is 0.0102. The smallest absolute Gasteiger partial charge is 0.256 e. The van der Waals surface area contributed by atoms with Gasteiger partial charge in [-0.05, 0) is 18.9 Å². The van der Waals surface area contributed by atoms with Gasteiger partial charge in [-0.3, -0.25) is 9.48 Å². The van der Waals surface area contributed by atoms with E-state index in [0.29, 0.717) is 30.5 Å². The van der Waals surface area contributed by atoms with Crippen LogP contribution in [0.15, 0.2) is 31.0 Å². The van der Waals surface area contributed by atoms with Crippen molar-refractivity contribution in [3.05, 3.63) is 36.5 Å². The fraction of sp³-hybridized carbons (Fsp3) is 0.385. The van der Waals surface area contributed by atoms with E-state index in [1.807, 2.05) is 15.8 Å². The van der Waals surface area contributed by atoms with Crippen molar-refractivity contribution in [1.82, 2.24) is 24.6 Å². The molecule has 3 heterocycles. The highest BCUT2D eigenvalue weighted by atomic mass is 16.2. The summed E-state index contributed by atoms with van der Waals surface area (Å²) in [6, 6.07) is 2.10. The molecule has 0 spiro atoms. The van der Waals surface area contributed by atoms with Gasteiger partial charge in [0.2, 0.25) is 0 Å². The van der Waals surface area contributed by atoms with Gasteiger partial charge in [-0.15, -0.1) is 0 Å². The van der Waals surface area contributed by atoms with E-state index in [4.69, 9.17) is 5.73 Å². The van der Waals surface area contributed by atoms with Gasteiger partial charge in [0.05, 0.1) is 11.6 Å². The summed E-state index contributed by atoms with van der Waals surface area (Å²) in [4.78, 5) is 21.8. The molecule has 0 unspecified atom stereocenters. The van der Waals surface area contributed by atoms with Crippen LogP contribution in [-0.4, -0.2) is 43.6 Å². The minimum Gasteiger partial charge on any atom is -0.382 e. The molecule has 2 aromatic heterocycles. The second kappa shape index (κ2) is 5.28. The molecule has 1 saturated heterocycles. The minimum atomic E-state index is -0.0102. The number of hydrogen-bond acceptors (Lipinski definition) is 5. The Bertz CT molecular complexity index is 588. The largest absolute Gasteiger partial charge is 0.382 e. The molecule has 1 amide bonds. The Balaban J connectivity index is 1.63. The molecule has 0 aromatic carbocycles. The molecule has 0 bridgehead atoms. The zero-order valence-electron chi connectivity index (χ0n) is 11.0. The van der Waals surface area contributed by atoms with Gasteiger partial charge in [0.25, 0.3) is 5.91 Å². The number of anilines is 1. The van der Waals surface area contributed by atoms with Crippen LogP contribution in [0.25, 0.3) is 0 Å². The number of amides is 1. The quantitative estimate of drug-likeness (QED) is 0.870. The summed E-state index contributed by atoms with van der Waals surface area (Å²) in [6.45, 7) is 1.41. The number of piperidine rings is 1. The van der Waals surface area contributed by atoms with Gasteiger partial charge in [0.1, 0.15) is 12.1 Å². The van der Waals surface area contributed by atoms with Crippen molar-refractivity contribution in [2.24, 2.45) is 0 Å². The lowest BCUT2D eigenvalue weighted by atomic mass is 10.0. The summed E-state index contributed by atoms with van der Waals surface area (Å²) in [5, 5.41) is 4.23. The first-order chi connectivity index (χ1) is 9.74. The zero-order chi connectivity index (χ0) is 13.9. The number of nitrogens with zero attached hydrogens (tertiary/aromatic N) is 5. The van der Waals surface area contributed by atoms with Gasteiger partial charge in [0, 0.05) is 31.7 Å². The molecule has 7 heteroatoms. The highest BCUT2D eigenvalue weighted by Gasteiger charge is 2.25. The van der Waals surface area contributed by atoms with Gasteiger partial charge >= 0.3 is 0 Å². The first-order valence-electron chi connectivity index (χ1n) is 6.59. The van der Waals surface area contributed by atoms with Crippen molar-refractivity contribution in [2.75, 3.05) is 18.8 Å². The summed E-state index contributed by atoms with van der Waals surface area (Å²) in [6.07, 6.45) is 8.17. The number of likely N-dealkylation sites (tertiary alicyclic amines) is 1. The molecule has 1 fully saturated rings. The van der Waals surface area contributed by atoms with Crippen molar-refractivity contribution in [2.45, 2.75) is 18.9 Å². The predicted molar refractivity (Wildman–Crippen MR) is 72.8 cm³/mol. The van der Waals surface area contributed by atoms with Crippen molar-refractivity contribution >= 4 is 11.7 Å². The molecule has 7 nitrogen and oxygen atoms in total. The second-order valence-corrected chi connectivity index (χ2v) is 4.87. The summed E-state index contributed by atoms with van der Waals surface area (Å²) >= 11 is 0. The summed E-state index contributed by atoms with van der Waals surface area (Å²) in [7, 11) is 0. The van der Waals surface area contributed by atoms with E-state index in [1.165, 1.54) is 6.33 Å². The Morgan fingerprint density at radius 2 is 1.95 bits per heavy atom. The van der Waals surface area contributed by atoms with Gasteiger partial charge in [-0.25, -0.2) is 9.97 Å². The molecule has 0 radical (unpaired) electrons. The van der Waals surface area contributed by atoms with E-state index in [9.17, 15) is 4.79 Å². The Morgan fingerprint density at radius 1 is 1.25 bits per heavy atom. The SMILES string of the molecule is Nc1ccn(C2CCN(C(=O)c3cncnc3)CC2)n1. The van der Waals surface area contributed by atoms with Crippen molar-refractivity contribution in [3.8, 4) is 0 Å². The number of nitrogens with two attached hydrogens (primary N) is 1. The van der Waals surface area contributed by atoms with Gasteiger partial charge in [-0.2, -0.15) is 5.10 Å². The highest BCUT2D eigenvalue weighted by molar-refractivity contribution is 5.93. The molecule has 2 N–H and O–H groups in total. The Labute approximate surface area is 116 Å². The third-order valence-corrected chi connectivity index (χ3v) is 3.56. The molecule has 104 valence electrons. The number of carbonyl (C=O) groups is 1. The van der Waals surface area contributed by atoms with Crippen LogP contribution in [0.1, 0.15) is 29.2 Å². The lowest BCUT2D eigenvalue weighted by Gasteiger charge is -2.32. The number of nitrogen functional groups attached to an aromatic ring is 1. The number of rotatable bonds is 2. The van der Waals surface area contributed by atoms with Crippen LogP contribution in [0.2, 0.25) is 0 Å². The number of aromatic nitrogens is 4. The van der Waals surface area contributed by atoms with Crippen LogP contribution in [-0.2, 0) is 0 Å². The van der Waals surface area contributed by atoms with Crippen LogP contribution in [0.4, 0.5) is 5.82 Å². The Morgan fingerprint density at radius 3 is 2.55 bits per heavy atom. The summed E-state index contributed by atoms with van der Waals surface area (Å²) in [5.41, 5.74) is 6.16. The van der Waals surface area contributed by atoms with E-state index >= 15 is 0 Å². The molecule has 0 atom stereocenters. The average Bonchev–Trinajstić information content (AvgIpc) is 2.94. The normalized spacial score (nSPS) is 16.3. The summed E-state index contributed by atoms with van der Waals surface area (Å²) in [5.74, 6) is 0.522. The lowest BCUT2D eigenvalue weighted by molar-refractivity contribution is 0.0689. The second-order valence-electron chi connectivity index (χ2n) is 4.87. The van der Waals surface area contributed by atoms with E-state index in [1.54, 1.807) is 18.5 Å². The molecule has 1 aliphatic heterocycles. The average molecular weight is 272 g/mol. The van der Waals surface area contributed by atoms with Crippen molar-refractivity contribution in [3.63, 3.8) is 0 Å². The van der Waals surface area contributed by atoms with E-state index in [-0.39, 0.29) is 5.91 Å². The molecule has 0 aliphatic carbocycles. The molecule has 20 heavy (non-hydrogen) atoms. The number of carbonyl (C=O) groups excluding carboxylic acids is 1. The van der Waals surface area contributed by atoms with E-state index in [2.05, 4.69) is 15.1 Å². The van der Waals surface area contributed by atoms with Crippen molar-refractivity contribution < 1.29 is 4.79 Å². The Kier molecular flexibility index (Phi) is 3.32. The van der Waals surface area contributed by atoms with Crippen LogP contribution < -0.4 is 5.73 Å². The molecular formula is C13H16N6O. The van der Waals surface area contributed by atoms with E-state index in [0.717, 1.165) is 12.8 Å². The highest BCUT2D eigenvalue weighted by Crippen LogP contribution is 2.23. The maximum Gasteiger partial charge on any atom is 0.256 e. The van der Waals surface area contributed by atoms with E-state index < -0.39 is 0 Å². The first kappa shape index (κ1) is 12.6. The van der Waals surface area contributed by atoms with Crippen LogP contribution in [0.5, 0.6) is 0 Å². The maximum absolute atomic E-state index is 12.3. The topological polar surface area (TPSA) is 89.9 Å². The van der Waals surface area contributed by atoms with Crippen LogP contribution in [0, 0.1) is 0 Å². The Hall–Kier alpha value is -2.44. The fourth-order valence-electron chi connectivity index (χ4n) is 2.48. The first-order valence-corrected chi connectivity index (χ1v) is 6.59. The third-order valence-electron chi connectivity index (χ3n) is 3.56. The van der Waals surface area contributed by atoms with Gasteiger partial charge in [-0.1, -0.05) is 0 Å². The van der Waals surface area contributed by atoms with Crippen LogP contribution in [0.3, 0.4) is 0 Å². The molecule has 2 aromatic rings. The maximum atomic E-state index is 12.3. The fourth-order valence-corrected chi connectivity index (χ4v) is 2.48. The zero-order valence-corrected chi connectivity index (χ0v) is 11.0. The molecule has 0 saturated carbocycles. The van der Waals surface area contributed by atoms with Crippen LogP contribution >= 0.6 is 0 Å². The number of hydrogen-bond donors (Lipinski definition) is 1. The van der Waals surface area contributed by atoms with Gasteiger partial charge in [0.15, 0.2) is 0 Å². The monoisotopic (exact) mass is 272 g/mol. The molecule has 3 rings (SSSR count). The standard InChI is InChI=1S/C13H16N6O/c14-12-3-6-19(17-12)11-1-4-18(5-2-11)13(20)10-7-15-9-16-8-10/h3,6-9,11H,1-2,4-5H2,(H2,14,17).